The zero-order chi connectivity index (χ0) is 18.7. The highest BCUT2D eigenvalue weighted by atomic mass is 35.5. The number of benzene rings is 1. The van der Waals surface area contributed by atoms with E-state index >= 15 is 0 Å². The van der Waals surface area contributed by atoms with Crippen molar-refractivity contribution >= 4 is 23.5 Å². The topological polar surface area (TPSA) is 52.6 Å². The molecule has 0 spiro atoms. The van der Waals surface area contributed by atoms with Gasteiger partial charge in [-0.1, -0.05) is 63.8 Å². The van der Waals surface area contributed by atoms with E-state index in [0.717, 1.165) is 31.2 Å². The van der Waals surface area contributed by atoms with E-state index in [0.29, 0.717) is 24.5 Å². The molecule has 0 bridgehead atoms. The van der Waals surface area contributed by atoms with E-state index in [2.05, 4.69) is 6.92 Å². The summed E-state index contributed by atoms with van der Waals surface area (Å²) >= 11 is 5.84. The molecule has 0 amide bonds. The second kappa shape index (κ2) is 11.1. The number of rotatable bonds is 11. The van der Waals surface area contributed by atoms with E-state index < -0.39 is 17.4 Å². The highest BCUT2D eigenvalue weighted by Gasteiger charge is 2.45. The molecule has 0 saturated heterocycles. The Kier molecular flexibility index (Phi) is 9.58. The molecule has 25 heavy (non-hydrogen) atoms. The second-order valence-corrected chi connectivity index (χ2v) is 6.62. The lowest BCUT2D eigenvalue weighted by atomic mass is 9.82. The number of carbonyl (C=O) groups is 2. The van der Waals surface area contributed by atoms with Gasteiger partial charge in [-0.05, 0) is 37.0 Å². The average Bonchev–Trinajstić information content (AvgIpc) is 2.62. The minimum atomic E-state index is -1.23. The first-order valence-corrected chi connectivity index (χ1v) is 9.46. The van der Waals surface area contributed by atoms with Crippen molar-refractivity contribution in [3.05, 3.63) is 34.9 Å². The summed E-state index contributed by atoms with van der Waals surface area (Å²) in [6.07, 6.45) is 4.80. The number of halogens is 1. The Hall–Kier alpha value is -1.55. The third kappa shape index (κ3) is 6.35. The first-order chi connectivity index (χ1) is 12.0. The van der Waals surface area contributed by atoms with Crippen molar-refractivity contribution < 1.29 is 19.1 Å². The van der Waals surface area contributed by atoms with E-state index in [-0.39, 0.29) is 6.61 Å². The molecule has 0 saturated carbocycles. The second-order valence-electron chi connectivity index (χ2n) is 6.19. The minimum absolute atomic E-state index is 0.113. The number of carbonyl (C=O) groups excluding carboxylic acids is 2. The summed E-state index contributed by atoms with van der Waals surface area (Å²) in [7, 11) is 0. The molecular weight excluding hydrogens is 340 g/mol. The largest absolute Gasteiger partial charge is 0.465 e. The van der Waals surface area contributed by atoms with E-state index in [4.69, 9.17) is 21.1 Å². The van der Waals surface area contributed by atoms with E-state index in [1.54, 1.807) is 24.3 Å². The summed E-state index contributed by atoms with van der Waals surface area (Å²) in [5, 5.41) is 0.623. The summed E-state index contributed by atoms with van der Waals surface area (Å²) in [5.41, 5.74) is -0.399. The summed E-state index contributed by atoms with van der Waals surface area (Å²) in [6.45, 7) is 6.21. The predicted molar refractivity (Wildman–Crippen MR) is 99.4 cm³/mol. The molecule has 0 aliphatic heterocycles. The third-order valence-corrected chi connectivity index (χ3v) is 4.75. The van der Waals surface area contributed by atoms with Gasteiger partial charge in [-0.25, -0.2) is 0 Å². The van der Waals surface area contributed by atoms with Gasteiger partial charge in [-0.2, -0.15) is 0 Å². The van der Waals surface area contributed by atoms with Crippen molar-refractivity contribution in [2.75, 3.05) is 6.61 Å². The van der Waals surface area contributed by atoms with Gasteiger partial charge in [0.05, 0.1) is 6.61 Å². The maximum Gasteiger partial charge on any atom is 0.323 e. The van der Waals surface area contributed by atoms with Gasteiger partial charge in [-0.3, -0.25) is 9.59 Å². The van der Waals surface area contributed by atoms with E-state index in [9.17, 15) is 9.59 Å². The van der Waals surface area contributed by atoms with Gasteiger partial charge in [0.15, 0.2) is 5.41 Å². The molecule has 0 aromatic heterocycles. The molecule has 0 heterocycles. The van der Waals surface area contributed by atoms with Gasteiger partial charge >= 0.3 is 11.9 Å². The van der Waals surface area contributed by atoms with Crippen LogP contribution < -0.4 is 0 Å². The van der Waals surface area contributed by atoms with Crippen molar-refractivity contribution in [1.82, 2.24) is 0 Å². The van der Waals surface area contributed by atoms with Crippen LogP contribution in [0.15, 0.2) is 24.3 Å². The maximum atomic E-state index is 12.6. The molecule has 1 aromatic rings. The fourth-order valence-corrected chi connectivity index (χ4v) is 2.74. The molecule has 0 unspecified atom stereocenters. The Labute approximate surface area is 155 Å². The fourth-order valence-electron chi connectivity index (χ4n) is 2.61. The van der Waals surface area contributed by atoms with Crippen molar-refractivity contribution in [2.45, 2.75) is 65.9 Å². The quantitative estimate of drug-likeness (QED) is 0.301. The van der Waals surface area contributed by atoms with Gasteiger partial charge in [0.25, 0.3) is 0 Å². The molecule has 1 rings (SSSR count). The van der Waals surface area contributed by atoms with Gasteiger partial charge in [-0.15, -0.1) is 0 Å². The SMILES string of the molecule is CCCCCCOC(=O)C(CC)(CC)C(=O)OCc1ccc(Cl)cc1. The maximum absolute atomic E-state index is 12.6. The molecule has 0 fully saturated rings. The number of esters is 2. The molecule has 0 N–H and O–H groups in total. The van der Waals surface area contributed by atoms with Gasteiger partial charge in [0.2, 0.25) is 0 Å². The van der Waals surface area contributed by atoms with Crippen LogP contribution in [-0.4, -0.2) is 18.5 Å². The molecule has 0 aliphatic rings. The Balaban J connectivity index is 2.63. The highest BCUT2D eigenvalue weighted by Crippen LogP contribution is 2.30. The van der Waals surface area contributed by atoms with Crippen LogP contribution in [0.25, 0.3) is 0 Å². The van der Waals surface area contributed by atoms with Crippen molar-refractivity contribution in [1.29, 1.82) is 0 Å². The number of ether oxygens (including phenoxy) is 2. The normalized spacial score (nSPS) is 11.2. The number of hydrogen-bond acceptors (Lipinski definition) is 4. The first-order valence-electron chi connectivity index (χ1n) is 9.09. The molecular formula is C20H29ClO4. The van der Waals surface area contributed by atoms with E-state index in [1.807, 2.05) is 13.8 Å². The lowest BCUT2D eigenvalue weighted by Crippen LogP contribution is -2.41. The highest BCUT2D eigenvalue weighted by molar-refractivity contribution is 6.30. The Morgan fingerprint density at radius 1 is 0.920 bits per heavy atom. The monoisotopic (exact) mass is 368 g/mol. The molecule has 0 atom stereocenters. The minimum Gasteiger partial charge on any atom is -0.465 e. The first kappa shape index (κ1) is 21.5. The van der Waals surface area contributed by atoms with Crippen LogP contribution in [0.5, 0.6) is 0 Å². The van der Waals surface area contributed by atoms with Crippen LogP contribution in [0.3, 0.4) is 0 Å². The standard InChI is InChI=1S/C20H29ClO4/c1-4-7-8-9-14-24-18(22)20(5-2,6-3)19(23)25-15-16-10-12-17(21)13-11-16/h10-13H,4-9,14-15H2,1-3H3. The Morgan fingerprint density at radius 2 is 1.52 bits per heavy atom. The predicted octanol–water partition coefficient (Wildman–Crippen LogP) is 5.31. The molecule has 140 valence electrons. The summed E-state index contributed by atoms with van der Waals surface area (Å²) in [5.74, 6) is -0.999. The van der Waals surface area contributed by atoms with Gasteiger partial charge < -0.3 is 9.47 Å². The third-order valence-electron chi connectivity index (χ3n) is 4.50. The fraction of sp³-hybridized carbons (Fsp3) is 0.600. The van der Waals surface area contributed by atoms with Crippen LogP contribution in [0, 0.1) is 5.41 Å². The van der Waals surface area contributed by atoms with Crippen LogP contribution in [0.2, 0.25) is 5.02 Å². The summed E-state index contributed by atoms with van der Waals surface area (Å²) in [4.78, 5) is 25.1. The van der Waals surface area contributed by atoms with Crippen molar-refractivity contribution in [3.8, 4) is 0 Å². The molecule has 4 nitrogen and oxygen atoms in total. The van der Waals surface area contributed by atoms with Gasteiger partial charge in [0, 0.05) is 5.02 Å². The van der Waals surface area contributed by atoms with Crippen molar-refractivity contribution in [2.24, 2.45) is 5.41 Å². The van der Waals surface area contributed by atoms with E-state index in [1.165, 1.54) is 0 Å². The molecule has 5 heteroatoms. The van der Waals surface area contributed by atoms with Gasteiger partial charge in [0.1, 0.15) is 6.61 Å². The lowest BCUT2D eigenvalue weighted by molar-refractivity contribution is -0.174. The molecule has 0 aliphatic carbocycles. The Morgan fingerprint density at radius 3 is 2.08 bits per heavy atom. The average molecular weight is 369 g/mol. The summed E-state index contributed by atoms with van der Waals surface area (Å²) in [6, 6.07) is 7.06. The zero-order valence-electron chi connectivity index (χ0n) is 15.5. The molecule has 0 radical (unpaired) electrons. The smallest absolute Gasteiger partial charge is 0.323 e. The number of unbranched alkanes of at least 4 members (excludes halogenated alkanes) is 3. The lowest BCUT2D eigenvalue weighted by Gasteiger charge is -2.27. The van der Waals surface area contributed by atoms with Crippen LogP contribution >= 0.6 is 11.6 Å². The Bertz CT molecular complexity index is 535. The van der Waals surface area contributed by atoms with Crippen LogP contribution in [0.1, 0.15) is 64.9 Å². The summed E-state index contributed by atoms with van der Waals surface area (Å²) < 4.78 is 10.8. The van der Waals surface area contributed by atoms with Crippen LogP contribution in [-0.2, 0) is 25.7 Å². The van der Waals surface area contributed by atoms with Crippen molar-refractivity contribution in [3.63, 3.8) is 0 Å². The zero-order valence-corrected chi connectivity index (χ0v) is 16.2. The molecule has 1 aromatic carbocycles. The number of hydrogen-bond donors (Lipinski definition) is 0. The van der Waals surface area contributed by atoms with Crippen LogP contribution in [0.4, 0.5) is 0 Å².